The third-order valence-corrected chi connectivity index (χ3v) is 3.46. The van der Waals surface area contributed by atoms with Gasteiger partial charge in [0, 0.05) is 12.1 Å². The minimum atomic E-state index is 0.115. The minimum absolute atomic E-state index is 0.115. The molecule has 2 rings (SSSR count). The first-order valence-electron chi connectivity index (χ1n) is 7.30. The molecule has 0 atom stereocenters. The summed E-state index contributed by atoms with van der Waals surface area (Å²) in [6.45, 7) is 11.2. The second-order valence-corrected chi connectivity index (χ2v) is 6.23. The van der Waals surface area contributed by atoms with Gasteiger partial charge >= 0.3 is 0 Å². The Balaban J connectivity index is 2.57. The van der Waals surface area contributed by atoms with Crippen LogP contribution in [0.4, 0.5) is 0 Å². The van der Waals surface area contributed by atoms with Crippen LogP contribution in [0.25, 0.3) is 11.3 Å². The van der Waals surface area contributed by atoms with Crippen LogP contribution >= 0.6 is 0 Å². The van der Waals surface area contributed by atoms with Crippen molar-refractivity contribution in [3.63, 3.8) is 0 Å². The van der Waals surface area contributed by atoms with Gasteiger partial charge in [0.25, 0.3) is 5.56 Å². The number of hydrogen-bond acceptors (Lipinski definition) is 1. The molecule has 0 aliphatic heterocycles. The largest absolute Gasteiger partial charge is 0.295 e. The zero-order valence-corrected chi connectivity index (χ0v) is 13.0. The second kappa shape index (κ2) is 5.70. The molecular weight excluding hydrogens is 248 g/mol. The van der Waals surface area contributed by atoms with Gasteiger partial charge in [0.05, 0.1) is 5.69 Å². The smallest absolute Gasteiger partial charge is 0.270 e. The lowest BCUT2D eigenvalue weighted by Gasteiger charge is -2.06. The highest BCUT2D eigenvalue weighted by molar-refractivity contribution is 5.63. The molecule has 0 amide bonds. The third kappa shape index (κ3) is 2.87. The Hall–Kier alpha value is -1.77. The number of nitrogens with one attached hydrogen (secondary N) is 1. The Kier molecular flexibility index (Phi) is 4.17. The normalized spacial score (nSPS) is 11.6. The maximum atomic E-state index is 12.5. The fourth-order valence-electron chi connectivity index (χ4n) is 2.47. The maximum Gasteiger partial charge on any atom is 0.270 e. The highest BCUT2D eigenvalue weighted by Crippen LogP contribution is 2.25. The summed E-state index contributed by atoms with van der Waals surface area (Å²) in [7, 11) is 0. The molecule has 0 aliphatic carbocycles. The first-order chi connectivity index (χ1) is 9.40. The van der Waals surface area contributed by atoms with Crippen molar-refractivity contribution < 1.29 is 0 Å². The summed E-state index contributed by atoms with van der Waals surface area (Å²) in [5, 5.41) is 3.30. The van der Waals surface area contributed by atoms with Crippen LogP contribution < -0.4 is 5.56 Å². The Labute approximate surface area is 120 Å². The molecule has 0 bridgehead atoms. The highest BCUT2D eigenvalue weighted by atomic mass is 16.1. The van der Waals surface area contributed by atoms with Gasteiger partial charge in [-0.25, -0.2) is 0 Å². The molecule has 0 saturated heterocycles. The molecule has 2 aromatic rings. The first-order valence-corrected chi connectivity index (χ1v) is 7.30. The van der Waals surface area contributed by atoms with Gasteiger partial charge < -0.3 is 0 Å². The Morgan fingerprint density at radius 1 is 1.10 bits per heavy atom. The lowest BCUT2D eigenvalue weighted by atomic mass is 9.99. The lowest BCUT2D eigenvalue weighted by Crippen LogP contribution is -2.22. The zero-order chi connectivity index (χ0) is 14.9. The van der Waals surface area contributed by atoms with E-state index in [1.807, 2.05) is 0 Å². The fraction of sp³-hybridized carbons (Fsp3) is 0.471. The molecule has 3 heteroatoms. The molecule has 0 radical (unpaired) electrons. The molecule has 0 aliphatic rings. The van der Waals surface area contributed by atoms with E-state index in [9.17, 15) is 4.79 Å². The molecule has 1 heterocycles. The Morgan fingerprint density at radius 3 is 2.20 bits per heavy atom. The van der Waals surface area contributed by atoms with Crippen molar-refractivity contribution in [3.8, 4) is 11.3 Å². The van der Waals surface area contributed by atoms with Gasteiger partial charge in [0.2, 0.25) is 0 Å². The number of benzene rings is 1. The van der Waals surface area contributed by atoms with E-state index in [1.165, 1.54) is 5.56 Å². The van der Waals surface area contributed by atoms with Gasteiger partial charge in [-0.05, 0) is 24.3 Å². The Morgan fingerprint density at radius 2 is 1.70 bits per heavy atom. The van der Waals surface area contributed by atoms with E-state index in [2.05, 4.69) is 64.0 Å². The van der Waals surface area contributed by atoms with E-state index >= 15 is 0 Å². The van der Waals surface area contributed by atoms with Crippen LogP contribution in [0.15, 0.2) is 29.1 Å². The Bertz CT molecular complexity index is 630. The number of rotatable bonds is 4. The lowest BCUT2D eigenvalue weighted by molar-refractivity contribution is 0.473. The molecule has 0 unspecified atom stereocenters. The van der Waals surface area contributed by atoms with Crippen molar-refractivity contribution in [2.24, 2.45) is 5.92 Å². The molecule has 0 fully saturated rings. The third-order valence-electron chi connectivity index (χ3n) is 3.46. The van der Waals surface area contributed by atoms with Crippen molar-refractivity contribution in [3.05, 3.63) is 45.7 Å². The summed E-state index contributed by atoms with van der Waals surface area (Å²) in [6, 6.07) is 8.31. The fourth-order valence-corrected chi connectivity index (χ4v) is 2.47. The average Bonchev–Trinajstić information content (AvgIpc) is 2.67. The molecular formula is C17H24N2O. The van der Waals surface area contributed by atoms with Gasteiger partial charge in [-0.2, -0.15) is 0 Å². The second-order valence-electron chi connectivity index (χ2n) is 6.23. The standard InChI is InChI=1S/C17H24N2O/c1-11(2)10-19-17(20)15(12(3)4)16(18-19)14-8-6-13(5)7-9-14/h6-9,11-12,18H,10H2,1-5H3. The summed E-state index contributed by atoms with van der Waals surface area (Å²) in [4.78, 5) is 12.5. The molecule has 108 valence electrons. The van der Waals surface area contributed by atoms with E-state index in [-0.39, 0.29) is 11.5 Å². The molecule has 1 aromatic heterocycles. The monoisotopic (exact) mass is 272 g/mol. The predicted molar refractivity (Wildman–Crippen MR) is 84.2 cm³/mol. The van der Waals surface area contributed by atoms with Crippen molar-refractivity contribution >= 4 is 0 Å². The van der Waals surface area contributed by atoms with Gasteiger partial charge in [0.15, 0.2) is 0 Å². The first kappa shape index (κ1) is 14.6. The molecule has 20 heavy (non-hydrogen) atoms. The summed E-state index contributed by atoms with van der Waals surface area (Å²) in [5.41, 5.74) is 4.27. The van der Waals surface area contributed by atoms with Crippen LogP contribution in [0.1, 0.15) is 44.7 Å². The van der Waals surface area contributed by atoms with Crippen molar-refractivity contribution in [1.82, 2.24) is 9.78 Å². The van der Waals surface area contributed by atoms with Crippen LogP contribution in [0.3, 0.4) is 0 Å². The summed E-state index contributed by atoms with van der Waals surface area (Å²) in [6.07, 6.45) is 0. The van der Waals surface area contributed by atoms with Crippen LogP contribution in [0, 0.1) is 12.8 Å². The van der Waals surface area contributed by atoms with E-state index in [0.29, 0.717) is 5.92 Å². The van der Waals surface area contributed by atoms with Crippen molar-refractivity contribution in [2.75, 3.05) is 0 Å². The van der Waals surface area contributed by atoms with Crippen LogP contribution in [-0.4, -0.2) is 9.78 Å². The highest BCUT2D eigenvalue weighted by Gasteiger charge is 2.18. The van der Waals surface area contributed by atoms with Gasteiger partial charge in [0.1, 0.15) is 0 Å². The van der Waals surface area contributed by atoms with Crippen LogP contribution in [0.5, 0.6) is 0 Å². The van der Waals surface area contributed by atoms with E-state index in [0.717, 1.165) is 23.4 Å². The van der Waals surface area contributed by atoms with Gasteiger partial charge in [-0.15, -0.1) is 0 Å². The predicted octanol–water partition coefficient (Wildman–Crippen LogP) is 3.93. The minimum Gasteiger partial charge on any atom is -0.295 e. The quantitative estimate of drug-likeness (QED) is 0.899. The molecule has 0 spiro atoms. The van der Waals surface area contributed by atoms with E-state index in [4.69, 9.17) is 0 Å². The SMILES string of the molecule is Cc1ccc(-c2[nH]n(CC(C)C)c(=O)c2C(C)C)cc1. The topological polar surface area (TPSA) is 37.8 Å². The van der Waals surface area contributed by atoms with E-state index in [1.54, 1.807) is 4.68 Å². The number of hydrogen-bond donors (Lipinski definition) is 1. The number of nitrogens with zero attached hydrogens (tertiary/aromatic N) is 1. The number of H-pyrrole nitrogens is 1. The van der Waals surface area contributed by atoms with Crippen LogP contribution in [0.2, 0.25) is 0 Å². The van der Waals surface area contributed by atoms with Gasteiger partial charge in [-0.1, -0.05) is 57.5 Å². The zero-order valence-electron chi connectivity index (χ0n) is 13.0. The summed E-state index contributed by atoms with van der Waals surface area (Å²) < 4.78 is 1.75. The molecule has 3 nitrogen and oxygen atoms in total. The van der Waals surface area contributed by atoms with Gasteiger partial charge in [-0.3, -0.25) is 14.6 Å². The van der Waals surface area contributed by atoms with Crippen LogP contribution in [-0.2, 0) is 6.54 Å². The average molecular weight is 272 g/mol. The van der Waals surface area contributed by atoms with Crippen molar-refractivity contribution in [2.45, 2.75) is 47.1 Å². The number of aryl methyl sites for hydroxylation is 1. The summed E-state index contributed by atoms with van der Waals surface area (Å²) in [5.74, 6) is 0.653. The molecule has 1 N–H and O–H groups in total. The van der Waals surface area contributed by atoms with Crippen molar-refractivity contribution in [1.29, 1.82) is 0 Å². The summed E-state index contributed by atoms with van der Waals surface area (Å²) >= 11 is 0. The number of aromatic nitrogens is 2. The number of aromatic amines is 1. The molecule has 1 aromatic carbocycles. The molecule has 0 saturated carbocycles. The maximum absolute atomic E-state index is 12.5. The van der Waals surface area contributed by atoms with E-state index < -0.39 is 0 Å².